The van der Waals surface area contributed by atoms with Gasteiger partial charge in [-0.15, -0.1) is 6.42 Å². The lowest BCUT2D eigenvalue weighted by atomic mass is 9.95. The molecule has 238 valence electrons. The second-order valence-corrected chi connectivity index (χ2v) is 12.4. The molecule has 0 saturated carbocycles. The maximum Gasteiger partial charge on any atom is 0.239 e. The highest BCUT2D eigenvalue weighted by Crippen LogP contribution is 2.45. The van der Waals surface area contributed by atoms with Crippen molar-refractivity contribution in [1.29, 1.82) is 0 Å². The van der Waals surface area contributed by atoms with E-state index in [4.69, 9.17) is 27.4 Å². The third kappa shape index (κ3) is 4.62. The van der Waals surface area contributed by atoms with Gasteiger partial charge in [0.1, 0.15) is 54.0 Å². The minimum Gasteiger partial charge on any atom is -0.476 e. The van der Waals surface area contributed by atoms with Gasteiger partial charge in [0.2, 0.25) is 17.7 Å². The van der Waals surface area contributed by atoms with Gasteiger partial charge < -0.3 is 25.8 Å². The first-order valence-corrected chi connectivity index (χ1v) is 15.1. The lowest BCUT2D eigenvalue weighted by Gasteiger charge is -2.34. The van der Waals surface area contributed by atoms with Gasteiger partial charge in [-0.05, 0) is 50.8 Å². The predicted octanol–water partition coefficient (Wildman–Crippen LogP) is 4.10. The number of pyridine rings is 3. The summed E-state index contributed by atoms with van der Waals surface area (Å²) in [6, 6.07) is 4.55. The number of amides is 1. The Morgan fingerprint density at radius 2 is 2.04 bits per heavy atom. The van der Waals surface area contributed by atoms with Crippen molar-refractivity contribution in [3.8, 4) is 35.5 Å². The van der Waals surface area contributed by atoms with Crippen LogP contribution < -0.4 is 25.8 Å². The molecule has 3 aliphatic heterocycles. The largest absolute Gasteiger partial charge is 0.476 e. The summed E-state index contributed by atoms with van der Waals surface area (Å²) >= 11 is 0. The lowest BCUT2D eigenvalue weighted by Crippen LogP contribution is -2.49. The van der Waals surface area contributed by atoms with Crippen LogP contribution in [0.3, 0.4) is 0 Å². The zero-order valence-corrected chi connectivity index (χ0v) is 25.3. The van der Waals surface area contributed by atoms with E-state index in [0.29, 0.717) is 24.0 Å². The molecule has 3 aliphatic rings. The van der Waals surface area contributed by atoms with Crippen molar-refractivity contribution < 1.29 is 27.4 Å². The smallest absolute Gasteiger partial charge is 0.239 e. The normalized spacial score (nSPS) is 23.2. The van der Waals surface area contributed by atoms with Crippen molar-refractivity contribution in [2.75, 3.05) is 36.9 Å². The van der Waals surface area contributed by atoms with Crippen LogP contribution in [-0.2, 0) is 4.79 Å². The van der Waals surface area contributed by atoms with Gasteiger partial charge in [-0.3, -0.25) is 9.69 Å². The predicted molar refractivity (Wildman–Crippen MR) is 167 cm³/mol. The number of halogens is 3. The number of nitrogens with two attached hydrogens (primary N) is 2. The average Bonchev–Trinajstić information content (AvgIpc) is 3.50. The number of hydrogen-bond donors (Lipinski definition) is 2. The zero-order chi connectivity index (χ0) is 32.5. The molecular formula is C33H32F3N7O3. The summed E-state index contributed by atoms with van der Waals surface area (Å²) in [5.41, 5.74) is 11.0. The first kappa shape index (κ1) is 29.9. The number of fused-ring (bicyclic) bond motifs is 2. The highest BCUT2D eigenvalue weighted by molar-refractivity contribution is 6.04. The summed E-state index contributed by atoms with van der Waals surface area (Å²) in [5, 5.41) is 0.775. The van der Waals surface area contributed by atoms with E-state index in [9.17, 15) is 13.6 Å². The number of rotatable bonds is 6. The molecule has 0 aliphatic carbocycles. The van der Waals surface area contributed by atoms with Gasteiger partial charge >= 0.3 is 0 Å². The molecule has 7 rings (SSSR count). The fraction of sp³-hybridized carbons (Fsp3) is 0.394. The zero-order valence-electron chi connectivity index (χ0n) is 25.3. The molecular weight excluding hydrogens is 599 g/mol. The Morgan fingerprint density at radius 1 is 1.24 bits per heavy atom. The van der Waals surface area contributed by atoms with Crippen molar-refractivity contribution >= 4 is 39.1 Å². The molecule has 0 spiro atoms. The Balaban J connectivity index is 1.47. The molecule has 2 saturated heterocycles. The Hall–Kier alpha value is -4.83. The molecule has 4 N–H and O–H groups in total. The number of primary amides is 1. The van der Waals surface area contributed by atoms with Crippen LogP contribution in [0, 0.1) is 24.0 Å². The quantitative estimate of drug-likeness (QED) is 0.302. The third-order valence-electron chi connectivity index (χ3n) is 9.45. The Morgan fingerprint density at radius 3 is 2.80 bits per heavy atom. The second-order valence-electron chi connectivity index (χ2n) is 12.4. The molecule has 4 aromatic rings. The number of alkyl halides is 1. The number of hydrogen-bond acceptors (Lipinski definition) is 9. The summed E-state index contributed by atoms with van der Waals surface area (Å²) < 4.78 is 58.7. The molecule has 0 unspecified atom stereocenters. The number of carbonyl (C=O) groups excluding carboxylic acids is 1. The molecule has 1 amide bonds. The van der Waals surface area contributed by atoms with Crippen LogP contribution in [-0.4, -0.2) is 75.9 Å². The standard InChI is InChI=1S/C33H32F3N7O3/c1-4-20-21(35)7-6-18-10-23(37)39-29(25(18)20)30-27(36)28-26-22(43(17(3)31(38)44)16(2)14-45-32(26)41-30)11-24(40-28)46-15-33-8-5-9-42(33)13-19(34)12-33/h1,6-7,10-11,16-17,19H,5,8-9,12-15H2,2-3H3,(H2,37,39)(H2,38,44)/t16-,17+,19+,33-/m0/s1. The van der Waals surface area contributed by atoms with Gasteiger partial charge in [0.15, 0.2) is 5.82 Å². The van der Waals surface area contributed by atoms with E-state index >= 15 is 4.39 Å². The van der Waals surface area contributed by atoms with Crippen LogP contribution in [0.2, 0.25) is 0 Å². The Labute approximate surface area is 262 Å². The molecule has 4 atom stereocenters. The summed E-state index contributed by atoms with van der Waals surface area (Å²) in [6.07, 6.45) is 6.73. The van der Waals surface area contributed by atoms with E-state index in [1.54, 1.807) is 17.9 Å². The summed E-state index contributed by atoms with van der Waals surface area (Å²) in [4.78, 5) is 29.8. The molecule has 10 nitrogen and oxygen atoms in total. The minimum atomic E-state index is -0.963. The van der Waals surface area contributed by atoms with Crippen LogP contribution >= 0.6 is 0 Å². The summed E-state index contributed by atoms with van der Waals surface area (Å²) in [7, 11) is 0. The summed E-state index contributed by atoms with van der Waals surface area (Å²) in [5.74, 6) is 0.240. The maximum absolute atomic E-state index is 16.9. The van der Waals surface area contributed by atoms with E-state index in [2.05, 4.69) is 25.8 Å². The number of aromatic nitrogens is 3. The van der Waals surface area contributed by atoms with Crippen molar-refractivity contribution in [3.05, 3.63) is 41.5 Å². The number of nitrogens with zero attached hydrogens (tertiary/aromatic N) is 5. The molecule has 0 bridgehead atoms. The fourth-order valence-electron chi connectivity index (χ4n) is 7.30. The molecule has 1 aromatic carbocycles. The number of terminal acetylenes is 1. The van der Waals surface area contributed by atoms with Gasteiger partial charge in [0.25, 0.3) is 0 Å². The van der Waals surface area contributed by atoms with Crippen molar-refractivity contribution in [1.82, 2.24) is 19.9 Å². The van der Waals surface area contributed by atoms with E-state index in [1.165, 1.54) is 18.2 Å². The minimum absolute atomic E-state index is 0.0131. The second kappa shape index (κ2) is 10.9. The topological polar surface area (TPSA) is 133 Å². The molecule has 46 heavy (non-hydrogen) atoms. The lowest BCUT2D eigenvalue weighted by molar-refractivity contribution is -0.119. The molecule has 6 heterocycles. The van der Waals surface area contributed by atoms with Crippen LogP contribution in [0.4, 0.5) is 24.7 Å². The van der Waals surface area contributed by atoms with Crippen LogP contribution in [0.1, 0.15) is 38.7 Å². The molecule has 0 radical (unpaired) electrons. The number of ether oxygens (including phenoxy) is 2. The number of anilines is 2. The monoisotopic (exact) mass is 631 g/mol. The van der Waals surface area contributed by atoms with Crippen LogP contribution in [0.5, 0.6) is 11.8 Å². The number of benzene rings is 1. The highest BCUT2D eigenvalue weighted by atomic mass is 19.1. The highest BCUT2D eigenvalue weighted by Gasteiger charge is 2.49. The van der Waals surface area contributed by atoms with Gasteiger partial charge in [0, 0.05) is 24.4 Å². The molecule has 2 fully saturated rings. The van der Waals surface area contributed by atoms with Crippen LogP contribution in [0.25, 0.3) is 33.1 Å². The Bertz CT molecular complexity index is 1970. The van der Waals surface area contributed by atoms with Crippen molar-refractivity contribution in [2.24, 2.45) is 5.73 Å². The first-order chi connectivity index (χ1) is 22.0. The van der Waals surface area contributed by atoms with Crippen molar-refractivity contribution in [2.45, 2.75) is 56.9 Å². The van der Waals surface area contributed by atoms with E-state index in [0.717, 1.165) is 19.4 Å². The molecule has 13 heteroatoms. The third-order valence-corrected chi connectivity index (χ3v) is 9.45. The Kier molecular flexibility index (Phi) is 7.08. The van der Waals surface area contributed by atoms with Crippen molar-refractivity contribution in [3.63, 3.8) is 0 Å². The number of nitrogen functional groups attached to an aromatic ring is 1. The molecule has 3 aromatic heterocycles. The van der Waals surface area contributed by atoms with Gasteiger partial charge in [-0.2, -0.15) is 0 Å². The van der Waals surface area contributed by atoms with Gasteiger partial charge in [0.05, 0.1) is 28.2 Å². The fourth-order valence-corrected chi connectivity index (χ4v) is 7.30. The SMILES string of the molecule is C#Cc1c(F)ccc2cc(N)nc(-c3nc4c5c(cc(OC[C@@]67CCCN6C[C@H](F)C7)nc5c3F)N([C@H](C)C(N)=O)[C@@H](C)CO4)c12. The van der Waals surface area contributed by atoms with E-state index < -0.39 is 41.3 Å². The maximum atomic E-state index is 16.9. The average molecular weight is 632 g/mol. The van der Waals surface area contributed by atoms with Gasteiger partial charge in [-0.1, -0.05) is 12.0 Å². The van der Waals surface area contributed by atoms with Gasteiger partial charge in [-0.25, -0.2) is 28.1 Å². The van der Waals surface area contributed by atoms with E-state index in [1.807, 2.05) is 6.92 Å². The number of carbonyl (C=O) groups is 1. The first-order valence-electron chi connectivity index (χ1n) is 15.1. The summed E-state index contributed by atoms with van der Waals surface area (Å²) in [6.45, 7) is 4.78. The van der Waals surface area contributed by atoms with Crippen LogP contribution in [0.15, 0.2) is 24.3 Å². The van der Waals surface area contributed by atoms with E-state index in [-0.39, 0.29) is 64.0 Å².